The number of aliphatic hydroxyl groups excluding tert-OH is 1. The van der Waals surface area contributed by atoms with Crippen LogP contribution in [0.1, 0.15) is 41.1 Å². The number of aryl methyl sites for hydroxylation is 1. The Kier molecular flexibility index (Phi) is 4.97. The SMILES string of the molecule is N#CC(C(=O)Nc1ccccc1)=C(O)c1nn(-c2ccccc2)c2c1C1CCCc3cccc-2c31. The van der Waals surface area contributed by atoms with Gasteiger partial charge in [-0.1, -0.05) is 54.6 Å². The maximum atomic E-state index is 13.0. The molecule has 6 nitrogen and oxygen atoms in total. The second-order valence-electron chi connectivity index (χ2n) is 8.84. The zero-order valence-corrected chi connectivity index (χ0v) is 18.9. The van der Waals surface area contributed by atoms with E-state index in [1.54, 1.807) is 24.3 Å². The Bertz CT molecular complexity index is 1530. The van der Waals surface area contributed by atoms with E-state index in [-0.39, 0.29) is 17.2 Å². The quantitative estimate of drug-likeness (QED) is 0.231. The van der Waals surface area contributed by atoms with Crippen LogP contribution in [-0.2, 0) is 11.2 Å². The van der Waals surface area contributed by atoms with Gasteiger partial charge in [0.1, 0.15) is 11.8 Å². The summed E-state index contributed by atoms with van der Waals surface area (Å²) in [6.07, 6.45) is 2.97. The van der Waals surface area contributed by atoms with E-state index >= 15 is 0 Å². The summed E-state index contributed by atoms with van der Waals surface area (Å²) >= 11 is 0. The molecular formula is C29H22N4O2. The molecule has 170 valence electrons. The maximum Gasteiger partial charge on any atom is 0.270 e. The summed E-state index contributed by atoms with van der Waals surface area (Å²) in [5.41, 5.74) is 6.82. The number of amides is 1. The molecule has 1 heterocycles. The number of aromatic nitrogens is 2. The summed E-state index contributed by atoms with van der Waals surface area (Å²) in [4.78, 5) is 13.0. The first kappa shape index (κ1) is 20.9. The number of benzene rings is 3. The number of aliphatic hydroxyl groups is 1. The highest BCUT2D eigenvalue weighted by atomic mass is 16.3. The second kappa shape index (κ2) is 8.30. The minimum atomic E-state index is -0.668. The second-order valence-corrected chi connectivity index (χ2v) is 8.84. The van der Waals surface area contributed by atoms with E-state index in [0.717, 1.165) is 41.8 Å². The molecule has 1 atom stereocenters. The smallest absolute Gasteiger partial charge is 0.270 e. The Morgan fingerprint density at radius 1 is 1.00 bits per heavy atom. The van der Waals surface area contributed by atoms with Gasteiger partial charge in [0.2, 0.25) is 0 Å². The predicted molar refractivity (Wildman–Crippen MR) is 134 cm³/mol. The molecule has 0 saturated carbocycles. The van der Waals surface area contributed by atoms with Crippen LogP contribution >= 0.6 is 0 Å². The molecule has 0 aliphatic heterocycles. The monoisotopic (exact) mass is 458 g/mol. The lowest BCUT2D eigenvalue weighted by molar-refractivity contribution is -0.112. The molecule has 6 heteroatoms. The maximum absolute atomic E-state index is 13.0. The van der Waals surface area contributed by atoms with Gasteiger partial charge in [-0.2, -0.15) is 10.4 Å². The van der Waals surface area contributed by atoms with Crippen molar-refractivity contribution in [3.05, 3.63) is 107 Å². The van der Waals surface area contributed by atoms with Crippen molar-refractivity contribution in [1.82, 2.24) is 9.78 Å². The lowest BCUT2D eigenvalue weighted by Crippen LogP contribution is -2.16. The van der Waals surface area contributed by atoms with Gasteiger partial charge in [0, 0.05) is 22.7 Å². The Labute approximate surface area is 202 Å². The van der Waals surface area contributed by atoms with Crippen LogP contribution in [0.2, 0.25) is 0 Å². The third-order valence-corrected chi connectivity index (χ3v) is 6.84. The van der Waals surface area contributed by atoms with Crippen LogP contribution in [0.25, 0.3) is 22.7 Å². The first-order valence-corrected chi connectivity index (χ1v) is 11.7. The zero-order chi connectivity index (χ0) is 23.9. The van der Waals surface area contributed by atoms with E-state index < -0.39 is 11.7 Å². The van der Waals surface area contributed by atoms with E-state index in [4.69, 9.17) is 5.10 Å². The van der Waals surface area contributed by atoms with Crippen molar-refractivity contribution in [1.29, 1.82) is 5.26 Å². The summed E-state index contributed by atoms with van der Waals surface area (Å²) in [5, 5.41) is 28.7. The van der Waals surface area contributed by atoms with E-state index in [1.807, 2.05) is 47.1 Å². The summed E-state index contributed by atoms with van der Waals surface area (Å²) in [5.74, 6) is -0.998. The van der Waals surface area contributed by atoms with Crippen molar-refractivity contribution >= 4 is 17.4 Å². The Balaban J connectivity index is 1.55. The van der Waals surface area contributed by atoms with Gasteiger partial charge in [-0.3, -0.25) is 4.79 Å². The average Bonchev–Trinajstić information content (AvgIpc) is 3.44. The summed E-state index contributed by atoms with van der Waals surface area (Å²) in [7, 11) is 0. The lowest BCUT2D eigenvalue weighted by Gasteiger charge is -2.22. The first-order valence-electron chi connectivity index (χ1n) is 11.7. The van der Waals surface area contributed by atoms with Crippen molar-refractivity contribution in [3.8, 4) is 23.0 Å². The van der Waals surface area contributed by atoms with Gasteiger partial charge >= 0.3 is 0 Å². The molecular weight excluding hydrogens is 436 g/mol. The van der Waals surface area contributed by atoms with E-state index in [0.29, 0.717) is 5.69 Å². The largest absolute Gasteiger partial charge is 0.504 e. The van der Waals surface area contributed by atoms with E-state index in [9.17, 15) is 15.2 Å². The van der Waals surface area contributed by atoms with Crippen LogP contribution in [0.5, 0.6) is 0 Å². The molecule has 1 unspecified atom stereocenters. The number of nitrogens with zero attached hydrogens (tertiary/aromatic N) is 3. The number of anilines is 1. The van der Waals surface area contributed by atoms with Crippen molar-refractivity contribution in [2.45, 2.75) is 25.2 Å². The fourth-order valence-corrected chi connectivity index (χ4v) is 5.37. The summed E-state index contributed by atoms with van der Waals surface area (Å²) in [6, 6.07) is 26.9. The van der Waals surface area contributed by atoms with Gasteiger partial charge in [0.15, 0.2) is 11.3 Å². The van der Waals surface area contributed by atoms with Crippen molar-refractivity contribution in [2.24, 2.45) is 0 Å². The average molecular weight is 459 g/mol. The van der Waals surface area contributed by atoms with Gasteiger partial charge in [0.05, 0.1) is 11.4 Å². The van der Waals surface area contributed by atoms with Crippen molar-refractivity contribution < 1.29 is 9.90 Å². The van der Waals surface area contributed by atoms with Crippen LogP contribution < -0.4 is 5.32 Å². The van der Waals surface area contributed by atoms with Crippen molar-refractivity contribution in [2.75, 3.05) is 5.32 Å². The molecule has 2 aliphatic carbocycles. The lowest BCUT2D eigenvalue weighted by atomic mass is 9.81. The Morgan fingerprint density at radius 3 is 2.49 bits per heavy atom. The number of nitriles is 1. The molecule has 35 heavy (non-hydrogen) atoms. The standard InChI is InChI=1S/C29H22N4O2/c30-17-23(29(35)31-19-11-3-1-4-12-19)28(34)26-25-21-15-7-9-18-10-8-16-22(24(18)21)27(25)33(32-26)20-13-5-2-6-14-20/h1-6,8,10-14,16,21,34H,7,9,15H2,(H,31,35). The first-order chi connectivity index (χ1) is 17.2. The number of para-hydroxylation sites is 2. The minimum absolute atomic E-state index is 0.0664. The van der Waals surface area contributed by atoms with E-state index in [1.165, 1.54) is 11.1 Å². The fourth-order valence-electron chi connectivity index (χ4n) is 5.37. The van der Waals surface area contributed by atoms with Crippen LogP contribution in [-0.4, -0.2) is 20.8 Å². The van der Waals surface area contributed by atoms with Crippen LogP contribution in [0.3, 0.4) is 0 Å². The number of hydrogen-bond acceptors (Lipinski definition) is 4. The number of nitrogens with one attached hydrogen (secondary N) is 1. The molecule has 0 spiro atoms. The predicted octanol–water partition coefficient (Wildman–Crippen LogP) is 5.75. The highest BCUT2D eigenvalue weighted by molar-refractivity contribution is 6.11. The minimum Gasteiger partial charge on any atom is -0.504 e. The Hall–Kier alpha value is -4.63. The summed E-state index contributed by atoms with van der Waals surface area (Å²) in [6.45, 7) is 0. The number of carbonyl (C=O) groups excluding carboxylic acids is 1. The number of rotatable bonds is 4. The molecule has 0 radical (unpaired) electrons. The topological polar surface area (TPSA) is 90.9 Å². The van der Waals surface area contributed by atoms with Gasteiger partial charge in [-0.25, -0.2) is 4.68 Å². The molecule has 2 aliphatic rings. The van der Waals surface area contributed by atoms with Gasteiger partial charge < -0.3 is 10.4 Å². The van der Waals surface area contributed by atoms with Gasteiger partial charge in [0.25, 0.3) is 5.91 Å². The molecule has 4 aromatic rings. The fraction of sp³-hybridized carbons (Fsp3) is 0.138. The summed E-state index contributed by atoms with van der Waals surface area (Å²) < 4.78 is 1.83. The molecule has 0 fully saturated rings. The molecule has 3 aromatic carbocycles. The number of fused-ring (bicyclic) bond motifs is 3. The number of carbonyl (C=O) groups is 1. The molecule has 1 amide bonds. The van der Waals surface area contributed by atoms with Crippen LogP contribution in [0, 0.1) is 11.3 Å². The normalized spacial score (nSPS) is 16.0. The van der Waals surface area contributed by atoms with Gasteiger partial charge in [-0.15, -0.1) is 0 Å². The third-order valence-electron chi connectivity index (χ3n) is 6.84. The van der Waals surface area contributed by atoms with Crippen LogP contribution in [0.4, 0.5) is 5.69 Å². The molecule has 2 N–H and O–H groups in total. The number of hydrogen-bond donors (Lipinski definition) is 2. The molecule has 0 saturated heterocycles. The zero-order valence-electron chi connectivity index (χ0n) is 18.9. The molecule has 6 rings (SSSR count). The molecule has 0 bridgehead atoms. The highest BCUT2D eigenvalue weighted by Crippen LogP contribution is 2.53. The van der Waals surface area contributed by atoms with E-state index in [2.05, 4.69) is 23.5 Å². The van der Waals surface area contributed by atoms with Crippen molar-refractivity contribution in [3.63, 3.8) is 0 Å². The van der Waals surface area contributed by atoms with Gasteiger partial charge in [-0.05, 0) is 54.7 Å². The molecule has 1 aromatic heterocycles. The van der Waals surface area contributed by atoms with Crippen LogP contribution in [0.15, 0.2) is 84.4 Å². The third kappa shape index (κ3) is 3.32. The highest BCUT2D eigenvalue weighted by Gasteiger charge is 2.40. The Morgan fingerprint density at radius 2 is 1.74 bits per heavy atom.